The third-order valence-corrected chi connectivity index (χ3v) is 5.50. The summed E-state index contributed by atoms with van der Waals surface area (Å²) < 4.78 is 11.2. The van der Waals surface area contributed by atoms with Gasteiger partial charge in [-0.1, -0.05) is 48.5 Å². The zero-order valence-electron chi connectivity index (χ0n) is 18.4. The second-order valence-corrected chi connectivity index (χ2v) is 7.75. The molecule has 1 saturated heterocycles. The maximum Gasteiger partial charge on any atom is 0.410 e. The lowest BCUT2D eigenvalue weighted by atomic mass is 10.2. The number of hydrogen-bond donors (Lipinski definition) is 1. The summed E-state index contributed by atoms with van der Waals surface area (Å²) in [5.74, 6) is 1.41. The molecule has 1 aliphatic rings. The second kappa shape index (κ2) is 9.57. The number of piperazine rings is 1. The van der Waals surface area contributed by atoms with Gasteiger partial charge < -0.3 is 24.7 Å². The molecular formula is C24H23N7O3. The fourth-order valence-electron chi connectivity index (χ4n) is 3.64. The molecule has 2 aromatic carbocycles. The molecule has 0 bridgehead atoms. The van der Waals surface area contributed by atoms with Crippen LogP contribution in [0, 0.1) is 0 Å². The van der Waals surface area contributed by atoms with Crippen LogP contribution in [0.5, 0.6) is 0 Å². The van der Waals surface area contributed by atoms with Crippen LogP contribution in [0.15, 0.2) is 71.3 Å². The number of hydrogen-bond acceptors (Lipinski definition) is 9. The minimum Gasteiger partial charge on any atom is -0.445 e. The van der Waals surface area contributed by atoms with E-state index in [0.717, 1.165) is 11.1 Å². The highest BCUT2D eigenvalue weighted by molar-refractivity contribution is 5.68. The van der Waals surface area contributed by atoms with E-state index >= 15 is 0 Å². The number of anilines is 2. The van der Waals surface area contributed by atoms with Crippen LogP contribution < -0.4 is 10.6 Å². The lowest BCUT2D eigenvalue weighted by molar-refractivity contribution is 0.0941. The van der Waals surface area contributed by atoms with Crippen LogP contribution in [0.25, 0.3) is 23.0 Å². The van der Waals surface area contributed by atoms with Crippen molar-refractivity contribution in [1.82, 2.24) is 25.1 Å². The van der Waals surface area contributed by atoms with Gasteiger partial charge in [0.1, 0.15) is 12.4 Å². The second-order valence-electron chi connectivity index (χ2n) is 7.75. The topological polar surface area (TPSA) is 124 Å². The number of nitrogens with two attached hydrogens (primary N) is 1. The van der Waals surface area contributed by atoms with E-state index in [9.17, 15) is 4.79 Å². The molecule has 2 aromatic heterocycles. The van der Waals surface area contributed by atoms with E-state index in [1.165, 1.54) is 0 Å². The number of aromatic nitrogens is 4. The number of carbonyl (C=O) groups is 1. The highest BCUT2D eigenvalue weighted by atomic mass is 16.6. The van der Waals surface area contributed by atoms with Gasteiger partial charge in [-0.05, 0) is 17.7 Å². The van der Waals surface area contributed by atoms with Crippen LogP contribution >= 0.6 is 0 Å². The molecule has 10 nitrogen and oxygen atoms in total. The van der Waals surface area contributed by atoms with Crippen LogP contribution in [0.3, 0.4) is 0 Å². The van der Waals surface area contributed by atoms with Gasteiger partial charge in [-0.25, -0.2) is 14.8 Å². The minimum absolute atomic E-state index is 0.203. The summed E-state index contributed by atoms with van der Waals surface area (Å²) >= 11 is 0. The minimum atomic E-state index is -0.327. The van der Waals surface area contributed by atoms with Gasteiger partial charge in [0.2, 0.25) is 5.89 Å². The number of amides is 1. The van der Waals surface area contributed by atoms with Gasteiger partial charge in [0.05, 0.1) is 6.20 Å². The third kappa shape index (κ3) is 4.65. The van der Waals surface area contributed by atoms with E-state index in [1.54, 1.807) is 11.1 Å². The van der Waals surface area contributed by atoms with Crippen molar-refractivity contribution in [3.63, 3.8) is 0 Å². The first-order valence-electron chi connectivity index (χ1n) is 10.9. The van der Waals surface area contributed by atoms with Gasteiger partial charge in [-0.2, -0.15) is 0 Å². The number of benzene rings is 2. The first-order valence-corrected chi connectivity index (χ1v) is 10.9. The summed E-state index contributed by atoms with van der Waals surface area (Å²) in [6, 6.07) is 19.1. The van der Waals surface area contributed by atoms with E-state index in [-0.39, 0.29) is 24.4 Å². The Morgan fingerprint density at radius 3 is 2.35 bits per heavy atom. The van der Waals surface area contributed by atoms with E-state index in [2.05, 4.69) is 20.2 Å². The number of nitrogens with zero attached hydrogens (tertiary/aromatic N) is 6. The number of carbonyl (C=O) groups excluding carboxylic acids is 1. The molecule has 5 rings (SSSR count). The largest absolute Gasteiger partial charge is 0.445 e. The summed E-state index contributed by atoms with van der Waals surface area (Å²) in [5, 5.41) is 8.21. The molecular weight excluding hydrogens is 434 g/mol. The molecule has 0 saturated carbocycles. The van der Waals surface area contributed by atoms with Gasteiger partial charge >= 0.3 is 6.09 Å². The monoisotopic (exact) mass is 457 g/mol. The Hall–Kier alpha value is -4.47. The van der Waals surface area contributed by atoms with Gasteiger partial charge in [0, 0.05) is 31.7 Å². The Bertz CT molecular complexity index is 1260. The number of nitrogen functional groups attached to an aromatic ring is 1. The third-order valence-electron chi connectivity index (χ3n) is 5.50. The van der Waals surface area contributed by atoms with Gasteiger partial charge in [0.25, 0.3) is 5.89 Å². The van der Waals surface area contributed by atoms with Crippen molar-refractivity contribution >= 4 is 17.7 Å². The molecule has 172 valence electrons. The maximum atomic E-state index is 12.4. The SMILES string of the molecule is Nc1ncc(N2CCN(C(=O)OCc3ccccc3)CC2)nc1-c1nnc(-c2ccccc2)o1. The molecule has 34 heavy (non-hydrogen) atoms. The molecule has 1 fully saturated rings. The van der Waals surface area contributed by atoms with E-state index in [0.29, 0.717) is 43.6 Å². The van der Waals surface area contributed by atoms with Crippen LogP contribution in [-0.2, 0) is 11.3 Å². The molecule has 10 heteroatoms. The summed E-state index contributed by atoms with van der Waals surface area (Å²) in [6.45, 7) is 2.43. The molecule has 0 spiro atoms. The van der Waals surface area contributed by atoms with Gasteiger partial charge in [-0.3, -0.25) is 0 Å². The molecule has 1 amide bonds. The highest BCUT2D eigenvalue weighted by Gasteiger charge is 2.24. The van der Waals surface area contributed by atoms with Crippen molar-refractivity contribution in [3.05, 3.63) is 72.4 Å². The first kappa shape index (κ1) is 21.4. The molecule has 0 aliphatic carbocycles. The van der Waals surface area contributed by atoms with Gasteiger partial charge in [0.15, 0.2) is 11.5 Å². The van der Waals surface area contributed by atoms with Crippen LogP contribution in [0.2, 0.25) is 0 Å². The molecule has 0 radical (unpaired) electrons. The Balaban J connectivity index is 1.23. The van der Waals surface area contributed by atoms with E-state index in [1.807, 2.05) is 65.6 Å². The lowest BCUT2D eigenvalue weighted by Crippen LogP contribution is -2.49. The zero-order valence-corrected chi connectivity index (χ0v) is 18.4. The first-order chi connectivity index (χ1) is 16.7. The average Bonchev–Trinajstić information content (AvgIpc) is 3.39. The van der Waals surface area contributed by atoms with Crippen LogP contribution in [0.4, 0.5) is 16.4 Å². The quantitative estimate of drug-likeness (QED) is 0.481. The summed E-state index contributed by atoms with van der Waals surface area (Å²) in [6.07, 6.45) is 1.28. The smallest absolute Gasteiger partial charge is 0.410 e. The highest BCUT2D eigenvalue weighted by Crippen LogP contribution is 2.27. The van der Waals surface area contributed by atoms with Crippen LogP contribution in [-0.4, -0.2) is 57.3 Å². The molecule has 0 unspecified atom stereocenters. The number of ether oxygens (including phenoxy) is 1. The average molecular weight is 457 g/mol. The van der Waals surface area contributed by atoms with Crippen molar-refractivity contribution in [3.8, 4) is 23.0 Å². The normalized spacial score (nSPS) is 13.6. The molecule has 3 heterocycles. The molecule has 0 atom stereocenters. The van der Waals surface area contributed by atoms with Crippen molar-refractivity contribution in [2.45, 2.75) is 6.61 Å². The molecule has 4 aromatic rings. The maximum absolute atomic E-state index is 12.4. The summed E-state index contributed by atoms with van der Waals surface area (Å²) in [7, 11) is 0. The predicted molar refractivity (Wildman–Crippen MR) is 126 cm³/mol. The molecule has 1 aliphatic heterocycles. The number of rotatable bonds is 5. The van der Waals surface area contributed by atoms with Crippen LogP contribution in [0.1, 0.15) is 5.56 Å². The fourth-order valence-corrected chi connectivity index (χ4v) is 3.64. The zero-order chi connectivity index (χ0) is 23.3. The fraction of sp³-hybridized carbons (Fsp3) is 0.208. The molecule has 2 N–H and O–H groups in total. The Morgan fingerprint density at radius 1 is 0.941 bits per heavy atom. The summed E-state index contributed by atoms with van der Waals surface area (Å²) in [5.41, 5.74) is 8.14. The van der Waals surface area contributed by atoms with E-state index in [4.69, 9.17) is 14.9 Å². The van der Waals surface area contributed by atoms with Crippen molar-refractivity contribution in [2.24, 2.45) is 0 Å². The Morgan fingerprint density at radius 2 is 1.62 bits per heavy atom. The van der Waals surface area contributed by atoms with Crippen molar-refractivity contribution in [1.29, 1.82) is 0 Å². The van der Waals surface area contributed by atoms with Crippen molar-refractivity contribution in [2.75, 3.05) is 36.8 Å². The summed E-state index contributed by atoms with van der Waals surface area (Å²) in [4.78, 5) is 25.1. The lowest BCUT2D eigenvalue weighted by Gasteiger charge is -2.34. The Labute approximate surface area is 196 Å². The standard InChI is InChI=1S/C24H23N7O3/c25-21-20(23-29-28-22(34-23)18-9-5-2-6-10-18)27-19(15-26-21)30-11-13-31(14-12-30)24(32)33-16-17-7-3-1-4-8-17/h1-10,15H,11-14,16H2,(H2,25,26). The predicted octanol–water partition coefficient (Wildman–Crippen LogP) is 3.23. The van der Waals surface area contributed by atoms with Gasteiger partial charge in [-0.15, -0.1) is 10.2 Å². The van der Waals surface area contributed by atoms with E-state index < -0.39 is 0 Å². The van der Waals surface area contributed by atoms with Crippen molar-refractivity contribution < 1.29 is 13.9 Å². The Kier molecular flexibility index (Phi) is 6.02.